The number of carbonyl (C=O) groups is 1. The Morgan fingerprint density at radius 1 is 1.19 bits per heavy atom. The lowest BCUT2D eigenvalue weighted by Gasteiger charge is -2.16. The van der Waals surface area contributed by atoms with Gasteiger partial charge in [0, 0.05) is 31.4 Å². The van der Waals surface area contributed by atoms with Crippen molar-refractivity contribution in [3.8, 4) is 0 Å². The monoisotopic (exact) mass is 302 g/mol. The van der Waals surface area contributed by atoms with Crippen molar-refractivity contribution in [1.82, 2.24) is 4.90 Å². The molecule has 0 heterocycles. The van der Waals surface area contributed by atoms with Gasteiger partial charge in [-0.2, -0.15) is 0 Å². The number of anilines is 1. The first kappa shape index (κ1) is 15.4. The van der Waals surface area contributed by atoms with Crippen LogP contribution in [0.25, 0.3) is 0 Å². The minimum Gasteiger partial charge on any atom is -0.380 e. The van der Waals surface area contributed by atoms with Crippen LogP contribution in [-0.4, -0.2) is 24.9 Å². The van der Waals surface area contributed by atoms with E-state index < -0.39 is 0 Å². The first-order valence-electron chi connectivity index (χ1n) is 6.78. The van der Waals surface area contributed by atoms with Crippen LogP contribution in [0.2, 0.25) is 5.02 Å². The van der Waals surface area contributed by atoms with Gasteiger partial charge in [-0.05, 0) is 30.7 Å². The van der Waals surface area contributed by atoms with Gasteiger partial charge in [-0.3, -0.25) is 4.79 Å². The maximum Gasteiger partial charge on any atom is 0.255 e. The molecule has 0 saturated carbocycles. The van der Waals surface area contributed by atoms with Crippen molar-refractivity contribution in [2.45, 2.75) is 13.5 Å². The molecule has 2 aromatic rings. The van der Waals surface area contributed by atoms with E-state index in [1.165, 1.54) is 11.1 Å². The minimum absolute atomic E-state index is 0.0431. The third kappa shape index (κ3) is 3.99. The van der Waals surface area contributed by atoms with Crippen molar-refractivity contribution >= 4 is 23.2 Å². The quantitative estimate of drug-likeness (QED) is 0.927. The van der Waals surface area contributed by atoms with Crippen molar-refractivity contribution in [3.63, 3.8) is 0 Å². The largest absolute Gasteiger partial charge is 0.380 e. The molecule has 0 bridgehead atoms. The summed E-state index contributed by atoms with van der Waals surface area (Å²) in [5.41, 5.74) is 3.75. The van der Waals surface area contributed by atoms with Gasteiger partial charge in [-0.25, -0.2) is 0 Å². The molecule has 0 aliphatic rings. The molecule has 110 valence electrons. The molecule has 0 spiro atoms. The lowest BCUT2D eigenvalue weighted by atomic mass is 10.1. The van der Waals surface area contributed by atoms with Gasteiger partial charge in [-0.15, -0.1) is 0 Å². The second-order valence-corrected chi connectivity index (χ2v) is 5.67. The Morgan fingerprint density at radius 2 is 1.95 bits per heavy atom. The Labute approximate surface area is 130 Å². The number of amides is 1. The zero-order valence-electron chi connectivity index (χ0n) is 12.5. The number of benzene rings is 2. The Bertz CT molecular complexity index is 653. The maximum absolute atomic E-state index is 12.2. The fourth-order valence-electron chi connectivity index (χ4n) is 2.11. The van der Waals surface area contributed by atoms with Crippen LogP contribution in [0.1, 0.15) is 21.5 Å². The number of hydrogen-bond donors (Lipinski definition) is 1. The molecule has 1 amide bonds. The highest BCUT2D eigenvalue weighted by Gasteiger charge is 2.13. The number of halogens is 1. The summed E-state index contributed by atoms with van der Waals surface area (Å²) in [5, 5.41) is 3.91. The molecule has 0 aliphatic carbocycles. The van der Waals surface area contributed by atoms with Crippen LogP contribution >= 0.6 is 11.6 Å². The van der Waals surface area contributed by atoms with Crippen molar-refractivity contribution in [2.24, 2.45) is 0 Å². The highest BCUT2D eigenvalue weighted by atomic mass is 35.5. The van der Waals surface area contributed by atoms with Crippen LogP contribution in [0.15, 0.2) is 42.5 Å². The normalized spacial score (nSPS) is 10.3. The fourth-order valence-corrected chi connectivity index (χ4v) is 2.28. The van der Waals surface area contributed by atoms with Gasteiger partial charge in [0.1, 0.15) is 0 Å². The predicted octanol–water partition coefficient (Wildman–Crippen LogP) is 3.96. The molecule has 21 heavy (non-hydrogen) atoms. The van der Waals surface area contributed by atoms with E-state index in [4.69, 9.17) is 11.6 Å². The Morgan fingerprint density at radius 3 is 2.62 bits per heavy atom. The smallest absolute Gasteiger partial charge is 0.255 e. The van der Waals surface area contributed by atoms with Crippen LogP contribution < -0.4 is 5.32 Å². The fraction of sp³-hybridized carbons (Fsp3) is 0.235. The second-order valence-electron chi connectivity index (χ2n) is 5.23. The summed E-state index contributed by atoms with van der Waals surface area (Å²) in [6.45, 7) is 2.71. The lowest BCUT2D eigenvalue weighted by Crippen LogP contribution is -2.23. The van der Waals surface area contributed by atoms with E-state index in [0.29, 0.717) is 17.1 Å². The van der Waals surface area contributed by atoms with Crippen molar-refractivity contribution < 1.29 is 4.79 Å². The molecule has 2 rings (SSSR count). The van der Waals surface area contributed by atoms with Crippen molar-refractivity contribution in [3.05, 3.63) is 64.2 Å². The molecular weight excluding hydrogens is 284 g/mol. The topological polar surface area (TPSA) is 32.3 Å². The Kier molecular flexibility index (Phi) is 4.86. The summed E-state index contributed by atoms with van der Waals surface area (Å²) in [6, 6.07) is 13.5. The minimum atomic E-state index is -0.0431. The van der Waals surface area contributed by atoms with Crippen molar-refractivity contribution in [1.29, 1.82) is 0 Å². The number of rotatable bonds is 4. The molecular formula is C17H19ClN2O. The molecule has 0 saturated heterocycles. The van der Waals surface area contributed by atoms with E-state index >= 15 is 0 Å². The van der Waals surface area contributed by atoms with E-state index in [2.05, 4.69) is 30.4 Å². The summed E-state index contributed by atoms with van der Waals surface area (Å²) >= 11 is 6.04. The van der Waals surface area contributed by atoms with Gasteiger partial charge in [0.25, 0.3) is 5.91 Å². The second kappa shape index (κ2) is 6.64. The predicted molar refractivity (Wildman–Crippen MR) is 88.0 cm³/mol. The summed E-state index contributed by atoms with van der Waals surface area (Å²) < 4.78 is 0. The average molecular weight is 303 g/mol. The Balaban J connectivity index is 2.22. The van der Waals surface area contributed by atoms with Gasteiger partial charge >= 0.3 is 0 Å². The van der Waals surface area contributed by atoms with Gasteiger partial charge in [0.2, 0.25) is 0 Å². The van der Waals surface area contributed by atoms with E-state index in [-0.39, 0.29) is 5.91 Å². The molecule has 2 aromatic carbocycles. The molecule has 0 atom stereocenters. The highest BCUT2D eigenvalue weighted by molar-refractivity contribution is 6.31. The van der Waals surface area contributed by atoms with Crippen LogP contribution in [0, 0.1) is 6.92 Å². The van der Waals surface area contributed by atoms with E-state index in [1.54, 1.807) is 37.2 Å². The van der Waals surface area contributed by atoms with Crippen LogP contribution in [0.5, 0.6) is 0 Å². The van der Waals surface area contributed by atoms with Gasteiger partial charge in [0.15, 0.2) is 0 Å². The number of hydrogen-bond acceptors (Lipinski definition) is 2. The molecule has 3 nitrogen and oxygen atoms in total. The van der Waals surface area contributed by atoms with Gasteiger partial charge in [-0.1, -0.05) is 41.4 Å². The SMILES string of the molecule is Cc1cccc(CNc2cc(Cl)ccc2C(=O)N(C)C)c1. The molecule has 4 heteroatoms. The third-order valence-electron chi connectivity index (χ3n) is 3.18. The van der Waals surface area contributed by atoms with Crippen LogP contribution in [0.3, 0.4) is 0 Å². The summed E-state index contributed by atoms with van der Waals surface area (Å²) in [5.74, 6) is -0.0431. The Hall–Kier alpha value is -2.00. The van der Waals surface area contributed by atoms with Gasteiger partial charge in [0.05, 0.1) is 5.56 Å². The number of nitrogens with zero attached hydrogens (tertiary/aromatic N) is 1. The molecule has 0 aliphatic heterocycles. The number of aryl methyl sites for hydroxylation is 1. The van der Waals surface area contributed by atoms with Crippen molar-refractivity contribution in [2.75, 3.05) is 19.4 Å². The zero-order valence-corrected chi connectivity index (χ0v) is 13.2. The summed E-state index contributed by atoms with van der Waals surface area (Å²) in [6.07, 6.45) is 0. The van der Waals surface area contributed by atoms with Crippen LogP contribution in [-0.2, 0) is 6.54 Å². The number of nitrogens with one attached hydrogen (secondary N) is 1. The molecule has 0 aromatic heterocycles. The molecule has 0 unspecified atom stereocenters. The summed E-state index contributed by atoms with van der Waals surface area (Å²) in [4.78, 5) is 13.7. The van der Waals surface area contributed by atoms with Crippen LogP contribution in [0.4, 0.5) is 5.69 Å². The molecule has 0 radical (unpaired) electrons. The standard InChI is InChI=1S/C17H19ClN2O/c1-12-5-4-6-13(9-12)11-19-16-10-14(18)7-8-15(16)17(21)20(2)3/h4-10,19H,11H2,1-3H3. The average Bonchev–Trinajstić information content (AvgIpc) is 2.44. The van der Waals surface area contributed by atoms with E-state index in [0.717, 1.165) is 5.69 Å². The third-order valence-corrected chi connectivity index (χ3v) is 3.42. The first-order chi connectivity index (χ1) is 9.97. The maximum atomic E-state index is 12.2. The summed E-state index contributed by atoms with van der Waals surface area (Å²) in [7, 11) is 3.47. The lowest BCUT2D eigenvalue weighted by molar-refractivity contribution is 0.0828. The highest BCUT2D eigenvalue weighted by Crippen LogP contribution is 2.23. The van der Waals surface area contributed by atoms with E-state index in [9.17, 15) is 4.79 Å². The first-order valence-corrected chi connectivity index (χ1v) is 7.16. The van der Waals surface area contributed by atoms with E-state index in [1.807, 2.05) is 6.07 Å². The number of carbonyl (C=O) groups excluding carboxylic acids is 1. The molecule has 1 N–H and O–H groups in total. The zero-order chi connectivity index (χ0) is 15.4. The van der Waals surface area contributed by atoms with Gasteiger partial charge < -0.3 is 10.2 Å². The molecule has 0 fully saturated rings.